The molecule has 1 N–H and O–H groups in total. The van der Waals surface area contributed by atoms with Gasteiger partial charge in [-0.1, -0.05) is 77.4 Å². The molecule has 0 bridgehead atoms. The average molecular weight is 554 g/mol. The number of amides is 1. The van der Waals surface area contributed by atoms with Gasteiger partial charge in [0.1, 0.15) is 0 Å². The Labute approximate surface area is 234 Å². The molecule has 11 nitrogen and oxygen atoms in total. The minimum absolute atomic E-state index is 0.0423. The third kappa shape index (κ3) is 5.93. The fourth-order valence-corrected chi connectivity index (χ4v) is 4.88. The minimum atomic E-state index is -0.786. The molecule has 3 atom stereocenters. The maximum atomic E-state index is 12.9. The predicted molar refractivity (Wildman–Crippen MR) is 144 cm³/mol. The predicted octanol–water partition coefficient (Wildman–Crippen LogP) is 5.75. The molecule has 3 aromatic heterocycles. The zero-order valence-corrected chi connectivity index (χ0v) is 22.2. The fraction of sp³-hybridized carbons (Fsp3) is 0.267. The van der Waals surface area contributed by atoms with E-state index in [-0.39, 0.29) is 35.1 Å². The highest BCUT2D eigenvalue weighted by molar-refractivity contribution is 5.93. The van der Waals surface area contributed by atoms with E-state index in [4.69, 9.17) is 18.2 Å². The van der Waals surface area contributed by atoms with Gasteiger partial charge < -0.3 is 23.5 Å². The van der Waals surface area contributed by atoms with Crippen LogP contribution in [0.15, 0.2) is 86.3 Å². The van der Waals surface area contributed by atoms with Crippen molar-refractivity contribution in [1.82, 2.24) is 25.8 Å². The Balaban J connectivity index is 1.04. The number of carbonyl (C=O) groups excluding carboxylic acids is 2. The van der Waals surface area contributed by atoms with Crippen LogP contribution in [-0.2, 0) is 4.74 Å². The summed E-state index contributed by atoms with van der Waals surface area (Å²) in [5.74, 6) is 0.628. The lowest BCUT2D eigenvalue weighted by Crippen LogP contribution is -2.38. The number of esters is 1. The number of ether oxygens (including phenoxy) is 1. The lowest BCUT2D eigenvalue weighted by molar-refractivity contribution is 0.0263. The molecule has 2 unspecified atom stereocenters. The van der Waals surface area contributed by atoms with Crippen molar-refractivity contribution in [3.63, 3.8) is 0 Å². The van der Waals surface area contributed by atoms with E-state index in [2.05, 4.69) is 25.8 Å². The third-order valence-electron chi connectivity index (χ3n) is 7.03. The molecule has 0 radical (unpaired) electrons. The van der Waals surface area contributed by atoms with Crippen molar-refractivity contribution >= 4 is 11.9 Å². The number of nitrogens with one attached hydrogen (secondary N) is 1. The molecule has 0 aliphatic heterocycles. The highest BCUT2D eigenvalue weighted by atomic mass is 16.6. The molecule has 0 spiro atoms. The molecule has 6 rings (SSSR count). The van der Waals surface area contributed by atoms with Crippen LogP contribution < -0.4 is 5.32 Å². The molecular formula is C30H27N5O6. The molecule has 5 aromatic rings. The topological polar surface area (TPSA) is 146 Å². The third-order valence-corrected chi connectivity index (χ3v) is 7.03. The zero-order chi connectivity index (χ0) is 28.2. The lowest BCUT2D eigenvalue weighted by Gasteiger charge is -2.27. The molecule has 11 heteroatoms. The van der Waals surface area contributed by atoms with Crippen molar-refractivity contribution in [2.75, 3.05) is 0 Å². The highest BCUT2D eigenvalue weighted by Gasteiger charge is 2.30. The van der Waals surface area contributed by atoms with Gasteiger partial charge in [0.2, 0.25) is 5.89 Å². The van der Waals surface area contributed by atoms with E-state index in [1.54, 1.807) is 13.0 Å². The van der Waals surface area contributed by atoms with Crippen LogP contribution in [0, 0.1) is 0 Å². The minimum Gasteiger partial charge on any atom is -0.448 e. The number of rotatable bonds is 8. The molecule has 208 valence electrons. The van der Waals surface area contributed by atoms with Gasteiger partial charge in [0.15, 0.2) is 29.0 Å². The van der Waals surface area contributed by atoms with Crippen molar-refractivity contribution < 1.29 is 27.8 Å². The quantitative estimate of drug-likeness (QED) is 0.235. The van der Waals surface area contributed by atoms with E-state index >= 15 is 0 Å². The van der Waals surface area contributed by atoms with Crippen LogP contribution in [0.2, 0.25) is 0 Å². The maximum absolute atomic E-state index is 12.9. The Hall–Kier alpha value is -5.06. The monoisotopic (exact) mass is 553 g/mol. The van der Waals surface area contributed by atoms with Gasteiger partial charge in [-0.25, -0.2) is 4.79 Å². The maximum Gasteiger partial charge on any atom is 0.361 e. The van der Waals surface area contributed by atoms with E-state index in [1.165, 1.54) is 6.07 Å². The van der Waals surface area contributed by atoms with Crippen LogP contribution in [0.25, 0.3) is 22.6 Å². The van der Waals surface area contributed by atoms with Crippen molar-refractivity contribution in [2.24, 2.45) is 0 Å². The molecule has 2 aromatic carbocycles. The van der Waals surface area contributed by atoms with Crippen molar-refractivity contribution in [3.05, 3.63) is 96.0 Å². The summed E-state index contributed by atoms with van der Waals surface area (Å²) >= 11 is 0. The van der Waals surface area contributed by atoms with Gasteiger partial charge in [-0.05, 0) is 26.2 Å². The van der Waals surface area contributed by atoms with Gasteiger partial charge in [0, 0.05) is 35.2 Å². The summed E-state index contributed by atoms with van der Waals surface area (Å²) in [5.41, 5.74) is 1.92. The number of hydrogen-bond donors (Lipinski definition) is 1. The molecule has 0 saturated heterocycles. The van der Waals surface area contributed by atoms with E-state index < -0.39 is 12.1 Å². The first-order valence-corrected chi connectivity index (χ1v) is 13.4. The molecule has 1 saturated carbocycles. The molecule has 1 amide bonds. The number of hydrogen-bond acceptors (Lipinski definition) is 10. The molecule has 3 heterocycles. The summed E-state index contributed by atoms with van der Waals surface area (Å²) < 4.78 is 22.1. The second-order valence-corrected chi connectivity index (χ2v) is 9.94. The van der Waals surface area contributed by atoms with Crippen LogP contribution in [0.1, 0.15) is 77.4 Å². The van der Waals surface area contributed by atoms with Gasteiger partial charge in [-0.2, -0.15) is 0 Å². The van der Waals surface area contributed by atoms with Crippen LogP contribution >= 0.6 is 0 Å². The number of benzene rings is 2. The van der Waals surface area contributed by atoms with Crippen molar-refractivity contribution in [2.45, 2.75) is 50.7 Å². The second kappa shape index (κ2) is 11.6. The van der Waals surface area contributed by atoms with Crippen LogP contribution in [0.3, 0.4) is 0 Å². The average Bonchev–Trinajstić information content (AvgIpc) is 3.79. The van der Waals surface area contributed by atoms with Crippen LogP contribution in [0.4, 0.5) is 0 Å². The first-order chi connectivity index (χ1) is 20.0. The van der Waals surface area contributed by atoms with Crippen LogP contribution in [-0.4, -0.2) is 38.4 Å². The molecule has 41 heavy (non-hydrogen) atoms. The standard InChI is InChI=1S/C30H27N5O6/c1-18(38-30(37)24-17-26(41-35-24)20-11-6-3-7-12-20)28-32-33-29(39-28)21-13-8-14-22(15-21)31-27(36)23-16-25(40-34-23)19-9-4-2-5-10-19/h2-7,9-12,16-18,21-22H,8,13-15H2,1H3,(H,31,36)/t18-,21?,22?/m1/s1. The Bertz CT molecular complexity index is 1630. The Morgan fingerprint density at radius 1 is 0.878 bits per heavy atom. The van der Waals surface area contributed by atoms with Crippen molar-refractivity contribution in [3.8, 4) is 22.6 Å². The van der Waals surface area contributed by atoms with E-state index in [9.17, 15) is 9.59 Å². The smallest absolute Gasteiger partial charge is 0.361 e. The SMILES string of the molecule is C[C@@H](OC(=O)c1cc(-c2ccccc2)on1)c1nnc(C2CCCC(NC(=O)c3cc(-c4ccccc4)on3)C2)o1. The number of aromatic nitrogens is 4. The largest absolute Gasteiger partial charge is 0.448 e. The van der Waals surface area contributed by atoms with E-state index in [1.807, 2.05) is 60.7 Å². The Morgan fingerprint density at radius 3 is 2.20 bits per heavy atom. The van der Waals surface area contributed by atoms with Crippen molar-refractivity contribution in [1.29, 1.82) is 0 Å². The second-order valence-electron chi connectivity index (χ2n) is 9.94. The van der Waals surface area contributed by atoms with Gasteiger partial charge in [-0.15, -0.1) is 10.2 Å². The lowest BCUT2D eigenvalue weighted by atomic mass is 9.85. The summed E-state index contributed by atoms with van der Waals surface area (Å²) in [6.45, 7) is 1.65. The summed E-state index contributed by atoms with van der Waals surface area (Å²) in [6.07, 6.45) is 2.38. The first-order valence-electron chi connectivity index (χ1n) is 13.4. The fourth-order valence-electron chi connectivity index (χ4n) is 4.88. The van der Waals surface area contributed by atoms with Gasteiger partial charge in [0.05, 0.1) is 0 Å². The highest BCUT2D eigenvalue weighted by Crippen LogP contribution is 2.33. The summed E-state index contributed by atoms with van der Waals surface area (Å²) in [5, 5.41) is 19.1. The molecule has 1 fully saturated rings. The van der Waals surface area contributed by atoms with E-state index in [0.29, 0.717) is 23.8 Å². The first kappa shape index (κ1) is 26.2. The van der Waals surface area contributed by atoms with Gasteiger partial charge in [-0.3, -0.25) is 4.79 Å². The summed E-state index contributed by atoms with van der Waals surface area (Å²) in [6, 6.07) is 21.9. The number of nitrogens with zero attached hydrogens (tertiary/aromatic N) is 4. The number of carbonyl (C=O) groups is 2. The van der Waals surface area contributed by atoms with Crippen LogP contribution in [0.5, 0.6) is 0 Å². The zero-order valence-electron chi connectivity index (χ0n) is 22.2. The van der Waals surface area contributed by atoms with Gasteiger partial charge in [0.25, 0.3) is 11.8 Å². The van der Waals surface area contributed by atoms with Gasteiger partial charge >= 0.3 is 5.97 Å². The summed E-state index contributed by atoms with van der Waals surface area (Å²) in [7, 11) is 0. The Kier molecular flexibility index (Phi) is 7.40. The molecule has 1 aliphatic carbocycles. The summed E-state index contributed by atoms with van der Waals surface area (Å²) in [4.78, 5) is 25.5. The normalized spacial score (nSPS) is 17.6. The molecular weight excluding hydrogens is 526 g/mol. The molecule has 1 aliphatic rings. The Morgan fingerprint density at radius 2 is 1.51 bits per heavy atom. The van der Waals surface area contributed by atoms with E-state index in [0.717, 1.165) is 30.4 Å².